The van der Waals surface area contributed by atoms with Crippen molar-refractivity contribution in [2.75, 3.05) is 19.6 Å². The summed E-state index contributed by atoms with van der Waals surface area (Å²) in [7, 11) is 0. The van der Waals surface area contributed by atoms with E-state index in [1.807, 2.05) is 0 Å². The molecule has 1 aliphatic rings. The van der Waals surface area contributed by atoms with Crippen LogP contribution in [-0.4, -0.2) is 47.7 Å². The van der Waals surface area contributed by atoms with Gasteiger partial charge in [0.2, 0.25) is 0 Å². The fourth-order valence-corrected chi connectivity index (χ4v) is 2.43. The molecule has 1 aromatic carbocycles. The van der Waals surface area contributed by atoms with Crippen molar-refractivity contribution in [3.63, 3.8) is 0 Å². The van der Waals surface area contributed by atoms with Crippen molar-refractivity contribution < 1.29 is 14.7 Å². The fourth-order valence-electron chi connectivity index (χ4n) is 2.43. The van der Waals surface area contributed by atoms with Gasteiger partial charge in [-0.15, -0.1) is 0 Å². The molecular weight excluding hydrogens is 270 g/mol. The van der Waals surface area contributed by atoms with Gasteiger partial charge < -0.3 is 21.1 Å². The minimum atomic E-state index is -0.934. The second-order valence-corrected chi connectivity index (χ2v) is 5.33. The number of benzene rings is 1. The molecule has 6 nitrogen and oxygen atoms in total. The molecule has 0 aromatic heterocycles. The van der Waals surface area contributed by atoms with Crippen LogP contribution in [0.1, 0.15) is 28.8 Å². The number of carbonyl (C=O) groups excluding carboxylic acids is 1. The average molecular weight is 291 g/mol. The second-order valence-electron chi connectivity index (χ2n) is 5.33. The molecule has 0 bridgehead atoms. The van der Waals surface area contributed by atoms with Crippen molar-refractivity contribution in [2.45, 2.75) is 25.3 Å². The predicted molar refractivity (Wildman–Crippen MR) is 79.3 cm³/mol. The maximum atomic E-state index is 12.0. The number of carboxylic acid groups (broad SMARTS) is 1. The van der Waals surface area contributed by atoms with Crippen molar-refractivity contribution in [1.82, 2.24) is 10.2 Å². The van der Waals surface area contributed by atoms with Gasteiger partial charge >= 0.3 is 12.0 Å². The van der Waals surface area contributed by atoms with E-state index < -0.39 is 5.97 Å². The zero-order valence-electron chi connectivity index (χ0n) is 11.9. The second kappa shape index (κ2) is 7.08. The Labute approximate surface area is 123 Å². The predicted octanol–water partition coefficient (Wildman–Crippen LogP) is 1.06. The third-order valence-electron chi connectivity index (χ3n) is 3.64. The number of hydrogen-bond donors (Lipinski definition) is 3. The molecule has 1 fully saturated rings. The fraction of sp³-hybridized carbons (Fsp3) is 0.467. The first kappa shape index (κ1) is 15.3. The van der Waals surface area contributed by atoms with Gasteiger partial charge in [0.05, 0.1) is 5.56 Å². The molecule has 2 rings (SSSR count). The molecule has 0 spiro atoms. The lowest BCUT2D eigenvalue weighted by Crippen LogP contribution is -2.49. The van der Waals surface area contributed by atoms with E-state index in [0.717, 1.165) is 24.9 Å². The Hall–Kier alpha value is -2.08. The highest BCUT2D eigenvalue weighted by molar-refractivity contribution is 5.87. The highest BCUT2D eigenvalue weighted by Crippen LogP contribution is 2.08. The summed E-state index contributed by atoms with van der Waals surface area (Å²) in [6, 6.07) is 6.69. The smallest absolute Gasteiger partial charge is 0.335 e. The molecule has 0 saturated carbocycles. The van der Waals surface area contributed by atoms with Gasteiger partial charge in [0.1, 0.15) is 0 Å². The SMILES string of the molecule is NC1CCCN(C(=O)NCCc2ccc(C(=O)O)cc2)C1. The number of likely N-dealkylation sites (tertiary alicyclic amines) is 1. The molecule has 0 radical (unpaired) electrons. The number of rotatable bonds is 4. The van der Waals surface area contributed by atoms with Crippen LogP contribution in [0.5, 0.6) is 0 Å². The Morgan fingerprint density at radius 3 is 2.67 bits per heavy atom. The monoisotopic (exact) mass is 291 g/mol. The van der Waals surface area contributed by atoms with Crippen LogP contribution < -0.4 is 11.1 Å². The van der Waals surface area contributed by atoms with Crippen LogP contribution in [0.3, 0.4) is 0 Å². The maximum absolute atomic E-state index is 12.0. The van der Waals surface area contributed by atoms with E-state index in [1.54, 1.807) is 29.2 Å². The Kier molecular flexibility index (Phi) is 5.16. The molecular formula is C15H21N3O3. The van der Waals surface area contributed by atoms with Gasteiger partial charge in [-0.05, 0) is 37.0 Å². The number of aromatic carboxylic acids is 1. The lowest BCUT2D eigenvalue weighted by Gasteiger charge is -2.30. The molecule has 1 atom stereocenters. The summed E-state index contributed by atoms with van der Waals surface area (Å²) in [5.74, 6) is -0.934. The third-order valence-corrected chi connectivity index (χ3v) is 3.64. The molecule has 1 saturated heterocycles. The largest absolute Gasteiger partial charge is 0.478 e. The molecule has 1 aromatic rings. The zero-order chi connectivity index (χ0) is 15.2. The Morgan fingerprint density at radius 1 is 1.33 bits per heavy atom. The summed E-state index contributed by atoms with van der Waals surface area (Å²) >= 11 is 0. The van der Waals surface area contributed by atoms with Crippen LogP contribution in [0.15, 0.2) is 24.3 Å². The molecule has 21 heavy (non-hydrogen) atoms. The van der Waals surface area contributed by atoms with Gasteiger partial charge in [-0.3, -0.25) is 0 Å². The molecule has 114 valence electrons. The standard InChI is InChI=1S/C15H21N3O3/c16-13-2-1-9-18(10-13)15(21)17-8-7-11-3-5-12(6-4-11)14(19)20/h3-6,13H,1-2,7-10,16H2,(H,17,21)(H,19,20). The van der Waals surface area contributed by atoms with Crippen LogP contribution in [0.4, 0.5) is 4.79 Å². The Balaban J connectivity index is 1.75. The number of carboxylic acids is 1. The number of nitrogens with one attached hydrogen (secondary N) is 1. The van der Waals surface area contributed by atoms with E-state index in [4.69, 9.17) is 10.8 Å². The summed E-state index contributed by atoms with van der Waals surface area (Å²) in [5, 5.41) is 11.7. The Morgan fingerprint density at radius 2 is 2.05 bits per heavy atom. The van der Waals surface area contributed by atoms with Gasteiger partial charge in [0.25, 0.3) is 0 Å². The first-order valence-corrected chi connectivity index (χ1v) is 7.17. The molecule has 1 aliphatic heterocycles. The maximum Gasteiger partial charge on any atom is 0.335 e. The topological polar surface area (TPSA) is 95.7 Å². The van der Waals surface area contributed by atoms with Gasteiger partial charge in [-0.2, -0.15) is 0 Å². The zero-order valence-corrected chi connectivity index (χ0v) is 11.9. The molecule has 0 aliphatic carbocycles. The van der Waals surface area contributed by atoms with Crippen molar-refractivity contribution in [2.24, 2.45) is 5.73 Å². The summed E-state index contributed by atoms with van der Waals surface area (Å²) in [5.41, 5.74) is 7.12. The van der Waals surface area contributed by atoms with Crippen molar-refractivity contribution in [1.29, 1.82) is 0 Å². The van der Waals surface area contributed by atoms with Crippen molar-refractivity contribution >= 4 is 12.0 Å². The van der Waals surface area contributed by atoms with E-state index in [0.29, 0.717) is 19.5 Å². The third kappa shape index (κ3) is 4.46. The van der Waals surface area contributed by atoms with E-state index in [1.165, 1.54) is 0 Å². The van der Waals surface area contributed by atoms with Gasteiger partial charge in [-0.25, -0.2) is 9.59 Å². The summed E-state index contributed by atoms with van der Waals surface area (Å²) in [6.45, 7) is 1.89. The summed E-state index contributed by atoms with van der Waals surface area (Å²) < 4.78 is 0. The number of nitrogens with zero attached hydrogens (tertiary/aromatic N) is 1. The molecule has 4 N–H and O–H groups in total. The van der Waals surface area contributed by atoms with Crippen LogP contribution in [0, 0.1) is 0 Å². The Bertz CT molecular complexity index is 501. The van der Waals surface area contributed by atoms with Crippen molar-refractivity contribution in [3.05, 3.63) is 35.4 Å². The van der Waals surface area contributed by atoms with E-state index in [-0.39, 0.29) is 17.6 Å². The first-order chi connectivity index (χ1) is 10.1. The molecule has 2 amide bonds. The molecule has 1 heterocycles. The van der Waals surface area contributed by atoms with Crippen LogP contribution >= 0.6 is 0 Å². The van der Waals surface area contributed by atoms with E-state index in [2.05, 4.69) is 5.32 Å². The molecule has 1 unspecified atom stereocenters. The number of nitrogens with two attached hydrogens (primary N) is 1. The highest BCUT2D eigenvalue weighted by Gasteiger charge is 2.20. The van der Waals surface area contributed by atoms with E-state index in [9.17, 15) is 9.59 Å². The highest BCUT2D eigenvalue weighted by atomic mass is 16.4. The average Bonchev–Trinajstić information content (AvgIpc) is 2.47. The normalized spacial score (nSPS) is 18.3. The lowest BCUT2D eigenvalue weighted by atomic mass is 10.1. The first-order valence-electron chi connectivity index (χ1n) is 7.17. The van der Waals surface area contributed by atoms with Gasteiger partial charge in [0.15, 0.2) is 0 Å². The van der Waals surface area contributed by atoms with Gasteiger partial charge in [0, 0.05) is 25.7 Å². The minimum absolute atomic E-state index is 0.0766. The van der Waals surface area contributed by atoms with Crippen LogP contribution in [-0.2, 0) is 6.42 Å². The number of carbonyl (C=O) groups is 2. The van der Waals surface area contributed by atoms with Gasteiger partial charge in [-0.1, -0.05) is 12.1 Å². The summed E-state index contributed by atoms with van der Waals surface area (Å²) in [4.78, 5) is 24.5. The van der Waals surface area contributed by atoms with Crippen molar-refractivity contribution in [3.8, 4) is 0 Å². The van der Waals surface area contributed by atoms with Crippen LogP contribution in [0.2, 0.25) is 0 Å². The lowest BCUT2D eigenvalue weighted by molar-refractivity contribution is 0.0697. The molecule has 6 heteroatoms. The number of urea groups is 1. The van der Waals surface area contributed by atoms with Crippen LogP contribution in [0.25, 0.3) is 0 Å². The number of piperidine rings is 1. The summed E-state index contributed by atoms with van der Waals surface area (Å²) in [6.07, 6.45) is 2.59. The number of hydrogen-bond acceptors (Lipinski definition) is 3. The number of amides is 2. The van der Waals surface area contributed by atoms with E-state index >= 15 is 0 Å². The minimum Gasteiger partial charge on any atom is -0.478 e. The quantitative estimate of drug-likeness (QED) is 0.773.